The van der Waals surface area contributed by atoms with Gasteiger partial charge in [0.1, 0.15) is 12.2 Å². The van der Waals surface area contributed by atoms with Crippen molar-refractivity contribution < 1.29 is 43.8 Å². The monoisotopic (exact) mass is 933 g/mol. The van der Waals surface area contributed by atoms with Crippen molar-refractivity contribution in [3.8, 4) is 152 Å². The van der Waals surface area contributed by atoms with E-state index in [0.717, 1.165) is 55.8 Å². The minimum Gasteiger partial charge on any atom is -0.403 e. The molecular formula is C54H46IrNO2-. The molecule has 1 heterocycles. The Hall–Kier alpha value is -8.02. The van der Waals surface area contributed by atoms with E-state index >= 15 is 0 Å². The van der Waals surface area contributed by atoms with Crippen molar-refractivity contribution in [2.75, 3.05) is 0 Å². The van der Waals surface area contributed by atoms with E-state index in [1.54, 1.807) is 6.20 Å². The van der Waals surface area contributed by atoms with Gasteiger partial charge < -0.3 is 14.5 Å². The average molecular weight is 933 g/mol. The molecule has 2 aliphatic rings. The molecule has 0 amide bonds. The number of nitrogens with zero attached hydrogens (tertiary/aromatic N) is 1. The molecule has 8 rings (SSSR count). The number of pyridine rings is 1. The van der Waals surface area contributed by atoms with E-state index in [0.29, 0.717) is 11.5 Å². The van der Waals surface area contributed by atoms with E-state index < -0.39 is 5.41 Å². The largest absolute Gasteiger partial charge is 0.403 e. The first-order chi connectivity index (χ1) is 28.0. The quantitative estimate of drug-likeness (QED) is 0.130. The predicted octanol–water partition coefficient (Wildman–Crippen LogP) is 11.6. The Morgan fingerprint density at radius 1 is 0.552 bits per heavy atom. The van der Waals surface area contributed by atoms with E-state index in [-0.39, 0.29) is 34.4 Å². The molecule has 1 atom stereocenters. The standard InChI is InChI=1S/C54H26NO2.Ir.10H2/c1-5-7-9-11-13-19-30-56-52-36-46-44-32-38(3)39(4)33-49(44)54(50(46)37-53(52)57-31-20-14-12-10-8-6-2)47-25-16-15-24-43(47)45-35-41(27-28-48(45)54)40-22-21-23-42(34-40)51-26-17-18-29-55-51;;;;;;;;;;;/h1-2,15-18,21-22,24-29,32-37H,3-4H3;;10*1H/q-1;;;;;;;;;;;. The topological polar surface area (TPSA) is 31.4 Å². The Morgan fingerprint density at radius 3 is 1.86 bits per heavy atom. The summed E-state index contributed by atoms with van der Waals surface area (Å²) in [4.78, 5) is 4.56. The summed E-state index contributed by atoms with van der Waals surface area (Å²) in [7, 11) is 0. The number of aryl methyl sites for hydroxylation is 2. The minimum absolute atomic E-state index is 0. The normalized spacial score (nSPS) is 12.4. The number of fused-ring (bicyclic) bond motifs is 10. The van der Waals surface area contributed by atoms with Crippen LogP contribution in [0.5, 0.6) is 11.5 Å². The first-order valence-corrected chi connectivity index (χ1v) is 17.8. The zero-order valence-electron chi connectivity index (χ0n) is 31.1. The minimum atomic E-state index is -0.682. The van der Waals surface area contributed by atoms with Crippen LogP contribution in [-0.4, -0.2) is 4.98 Å². The van der Waals surface area contributed by atoms with Gasteiger partial charge in [-0.2, -0.15) is 0 Å². The molecule has 3 nitrogen and oxygen atoms in total. The molecule has 5 aromatic carbocycles. The molecule has 1 radical (unpaired) electrons. The number of terminal acetylenes is 2. The van der Waals surface area contributed by atoms with Crippen LogP contribution < -0.4 is 9.47 Å². The molecule has 0 bridgehead atoms. The van der Waals surface area contributed by atoms with Gasteiger partial charge in [-0.1, -0.05) is 60.7 Å². The number of hydrogen-bond acceptors (Lipinski definition) is 3. The van der Waals surface area contributed by atoms with Crippen molar-refractivity contribution in [2.45, 2.75) is 19.3 Å². The summed E-state index contributed by atoms with van der Waals surface area (Å²) in [6.45, 7) is 4.29. The summed E-state index contributed by atoms with van der Waals surface area (Å²) in [6.07, 6.45) is 17.5. The Labute approximate surface area is 367 Å². The SMILES string of the molecule is C#CC#CC#CC#COc1cc2c(cc1OC#CC#CC#CC#C)C1(c3ccccc3-c3cc(-c4cc[c-]c(-c5ccccn5)c4)ccc31)c1cc(C)c(C)cc1-2.[HH].[HH].[HH].[HH].[HH].[HH].[HH].[HH].[HH].[HH].[Ir]. The number of benzene rings is 5. The molecule has 289 valence electrons. The molecule has 1 unspecified atom stereocenters. The third-order valence-electron chi connectivity index (χ3n) is 10.0. The van der Waals surface area contributed by atoms with Gasteiger partial charge in [0, 0.05) is 76.1 Å². The fraction of sp³-hybridized carbons (Fsp3) is 0.0556. The van der Waals surface area contributed by atoms with Crippen LogP contribution in [0.4, 0.5) is 0 Å². The Morgan fingerprint density at radius 2 is 1.14 bits per heavy atom. The molecule has 0 saturated carbocycles. The summed E-state index contributed by atoms with van der Waals surface area (Å²) < 4.78 is 12.1. The first-order valence-electron chi connectivity index (χ1n) is 17.8. The average Bonchev–Trinajstić information content (AvgIpc) is 3.68. The Bertz CT molecular complexity index is 3200. The van der Waals surface area contributed by atoms with E-state index in [1.165, 1.54) is 22.3 Å². The van der Waals surface area contributed by atoms with Gasteiger partial charge in [-0.3, -0.25) is 0 Å². The van der Waals surface area contributed by atoms with Gasteiger partial charge in [-0.15, -0.1) is 48.2 Å². The fourth-order valence-corrected chi connectivity index (χ4v) is 7.58. The van der Waals surface area contributed by atoms with Gasteiger partial charge in [-0.25, -0.2) is 0 Å². The number of aromatic nitrogens is 1. The predicted molar refractivity (Wildman–Crippen MR) is 246 cm³/mol. The number of hydrogen-bond donors (Lipinski definition) is 0. The Balaban J connectivity index is -0.00000186. The zero-order chi connectivity index (χ0) is 39.2. The van der Waals surface area contributed by atoms with Crippen molar-refractivity contribution >= 4 is 0 Å². The Kier molecular flexibility index (Phi) is 11.1. The zero-order valence-corrected chi connectivity index (χ0v) is 33.5. The van der Waals surface area contributed by atoms with Crippen molar-refractivity contribution in [1.82, 2.24) is 4.98 Å². The van der Waals surface area contributed by atoms with Crippen LogP contribution in [0.25, 0.3) is 44.6 Å². The van der Waals surface area contributed by atoms with E-state index in [4.69, 9.17) is 22.3 Å². The summed E-state index contributed by atoms with van der Waals surface area (Å²) >= 11 is 0. The van der Waals surface area contributed by atoms with Crippen molar-refractivity contribution in [3.63, 3.8) is 0 Å². The van der Waals surface area contributed by atoms with Gasteiger partial charge >= 0.3 is 0 Å². The van der Waals surface area contributed by atoms with Gasteiger partial charge in [0.25, 0.3) is 0 Å². The van der Waals surface area contributed by atoms with Crippen LogP contribution in [0.2, 0.25) is 0 Å². The number of rotatable bonds is 4. The second kappa shape index (κ2) is 16.8. The maximum atomic E-state index is 6.10. The summed E-state index contributed by atoms with van der Waals surface area (Å²) in [5.41, 5.74) is 14.6. The summed E-state index contributed by atoms with van der Waals surface area (Å²) in [5.74, 6) is 31.0. The van der Waals surface area contributed by atoms with Crippen LogP contribution >= 0.6 is 0 Å². The fourth-order valence-electron chi connectivity index (χ4n) is 7.58. The molecule has 0 fully saturated rings. The molecule has 4 heteroatoms. The summed E-state index contributed by atoms with van der Waals surface area (Å²) in [5, 5.41) is 0. The molecule has 0 N–H and O–H groups in total. The van der Waals surface area contributed by atoms with E-state index in [2.05, 4.69) is 175 Å². The molecule has 1 aromatic heterocycles. The molecule has 2 aliphatic carbocycles. The van der Waals surface area contributed by atoms with Crippen LogP contribution in [0, 0.1) is 116 Å². The second-order valence-corrected chi connectivity index (χ2v) is 13.0. The maximum Gasteiger partial charge on any atom is 0.184 e. The molecule has 6 aromatic rings. The molecular weight excluding hydrogens is 887 g/mol. The van der Waals surface area contributed by atoms with E-state index in [9.17, 15) is 0 Å². The smallest absolute Gasteiger partial charge is 0.184 e. The maximum absolute atomic E-state index is 6.10. The van der Waals surface area contributed by atoms with Gasteiger partial charge in [-0.05, 0) is 141 Å². The third-order valence-corrected chi connectivity index (χ3v) is 10.0. The van der Waals surface area contributed by atoms with Crippen molar-refractivity contribution in [3.05, 3.63) is 149 Å². The van der Waals surface area contributed by atoms with Crippen molar-refractivity contribution in [1.29, 1.82) is 0 Å². The van der Waals surface area contributed by atoms with E-state index in [1.807, 2.05) is 36.4 Å². The van der Waals surface area contributed by atoms with Crippen molar-refractivity contribution in [2.24, 2.45) is 0 Å². The molecule has 58 heavy (non-hydrogen) atoms. The second-order valence-electron chi connectivity index (χ2n) is 13.0. The van der Waals surface area contributed by atoms with Gasteiger partial charge in [0.15, 0.2) is 11.5 Å². The summed E-state index contributed by atoms with van der Waals surface area (Å²) in [6, 6.07) is 39.4. The molecule has 0 saturated heterocycles. The van der Waals surface area contributed by atoms with Crippen LogP contribution in [-0.2, 0) is 25.5 Å². The van der Waals surface area contributed by atoms with Crippen LogP contribution in [0.1, 0.15) is 47.6 Å². The molecule has 1 spiro atoms. The first kappa shape index (κ1) is 38.3. The molecule has 0 aliphatic heterocycles. The van der Waals surface area contributed by atoms with Gasteiger partial charge in [0.2, 0.25) is 0 Å². The van der Waals surface area contributed by atoms with Crippen LogP contribution in [0.3, 0.4) is 0 Å². The van der Waals surface area contributed by atoms with Crippen LogP contribution in [0.15, 0.2) is 109 Å². The van der Waals surface area contributed by atoms with Gasteiger partial charge in [0.05, 0.1) is 5.41 Å². The number of ether oxygens (including phenoxy) is 2. The third kappa shape index (κ3) is 6.89.